The van der Waals surface area contributed by atoms with Crippen molar-refractivity contribution in [1.82, 2.24) is 0 Å². The summed E-state index contributed by atoms with van der Waals surface area (Å²) in [4.78, 5) is 13.4. The summed E-state index contributed by atoms with van der Waals surface area (Å²) in [6, 6.07) is 17.2. The first kappa shape index (κ1) is 19.9. The first-order valence-electron chi connectivity index (χ1n) is 9.74. The summed E-state index contributed by atoms with van der Waals surface area (Å²) in [7, 11) is 0. The lowest BCUT2D eigenvalue weighted by Gasteiger charge is -2.36. The molecule has 0 radical (unpaired) electrons. The number of carbonyl (C=O) groups is 1. The summed E-state index contributed by atoms with van der Waals surface area (Å²) in [5.41, 5.74) is 1.22. The van der Waals surface area contributed by atoms with Crippen molar-refractivity contribution in [1.29, 1.82) is 5.26 Å². The van der Waals surface area contributed by atoms with Gasteiger partial charge < -0.3 is 14.8 Å². The van der Waals surface area contributed by atoms with E-state index < -0.39 is 5.41 Å². The predicted molar refractivity (Wildman–Crippen MR) is 108 cm³/mol. The van der Waals surface area contributed by atoms with E-state index in [1.165, 1.54) is 0 Å². The fraction of sp³-hybridized carbons (Fsp3) is 0.391. The Morgan fingerprint density at radius 3 is 2.61 bits per heavy atom. The number of hydrogen-bond acceptors (Lipinski definition) is 4. The van der Waals surface area contributed by atoms with Crippen LogP contribution in [0.15, 0.2) is 48.5 Å². The zero-order valence-electron chi connectivity index (χ0n) is 16.4. The Balaban J connectivity index is 1.87. The zero-order valence-corrected chi connectivity index (χ0v) is 16.4. The van der Waals surface area contributed by atoms with Crippen molar-refractivity contribution in [3.8, 4) is 11.8 Å². The number of ether oxygens (including phenoxy) is 2. The van der Waals surface area contributed by atoms with Crippen LogP contribution in [0.4, 0.5) is 5.69 Å². The van der Waals surface area contributed by atoms with E-state index in [2.05, 4.69) is 11.4 Å². The van der Waals surface area contributed by atoms with Gasteiger partial charge in [0.05, 0.1) is 22.8 Å². The molecule has 0 aliphatic carbocycles. The summed E-state index contributed by atoms with van der Waals surface area (Å²) in [5, 5.41) is 12.6. The average molecular weight is 378 g/mol. The van der Waals surface area contributed by atoms with Crippen LogP contribution >= 0.6 is 0 Å². The Labute approximate surface area is 166 Å². The Bertz CT molecular complexity index is 852. The fourth-order valence-corrected chi connectivity index (χ4v) is 3.48. The van der Waals surface area contributed by atoms with Crippen molar-refractivity contribution in [3.63, 3.8) is 0 Å². The summed E-state index contributed by atoms with van der Waals surface area (Å²) in [5.74, 6) is 0.529. The van der Waals surface area contributed by atoms with Crippen LogP contribution in [0.1, 0.15) is 44.2 Å². The van der Waals surface area contributed by atoms with E-state index in [9.17, 15) is 10.1 Å². The second kappa shape index (κ2) is 8.90. The maximum Gasteiger partial charge on any atom is 0.235 e. The lowest BCUT2D eigenvalue weighted by molar-refractivity contribution is -0.125. The highest BCUT2D eigenvalue weighted by Gasteiger charge is 2.41. The molecule has 5 heteroatoms. The standard InChI is InChI=1S/C23H26N2O3/c1-3-17(2)28-20-9-10-21(18(15-20)16-24)25-22(26)23(11-13-27-14-12-23)19-7-5-4-6-8-19/h4-10,15,17H,3,11-14H2,1-2H3,(H,25,26)/t17-/m1/s1. The number of nitrogens with zero attached hydrogens (tertiary/aromatic N) is 1. The second-order valence-corrected chi connectivity index (χ2v) is 7.17. The third-order valence-electron chi connectivity index (χ3n) is 5.38. The van der Waals surface area contributed by atoms with Gasteiger partial charge in [-0.3, -0.25) is 4.79 Å². The van der Waals surface area contributed by atoms with Crippen LogP contribution in [0.3, 0.4) is 0 Å². The summed E-state index contributed by atoms with van der Waals surface area (Å²) in [6.45, 7) is 5.10. The van der Waals surface area contributed by atoms with E-state index in [0.717, 1.165) is 12.0 Å². The van der Waals surface area contributed by atoms with Gasteiger partial charge in [0.15, 0.2) is 0 Å². The molecule has 1 amide bonds. The molecule has 1 aliphatic heterocycles. The topological polar surface area (TPSA) is 71.3 Å². The molecule has 146 valence electrons. The van der Waals surface area contributed by atoms with Crippen molar-refractivity contribution in [2.45, 2.75) is 44.6 Å². The lowest BCUT2D eigenvalue weighted by atomic mass is 9.73. The molecule has 2 aromatic rings. The quantitative estimate of drug-likeness (QED) is 0.807. The molecule has 3 rings (SSSR count). The minimum atomic E-state index is -0.655. The summed E-state index contributed by atoms with van der Waals surface area (Å²) in [6.07, 6.45) is 2.16. The van der Waals surface area contributed by atoms with E-state index in [0.29, 0.717) is 43.1 Å². The first-order valence-corrected chi connectivity index (χ1v) is 9.74. The van der Waals surface area contributed by atoms with Crippen LogP contribution in [0.2, 0.25) is 0 Å². The molecule has 28 heavy (non-hydrogen) atoms. The molecule has 1 aliphatic rings. The molecule has 1 atom stereocenters. The SMILES string of the molecule is CC[C@@H](C)Oc1ccc(NC(=O)C2(c3ccccc3)CCOCC2)c(C#N)c1. The molecular weight excluding hydrogens is 352 g/mol. The van der Waals surface area contributed by atoms with Crippen LogP contribution in [0.25, 0.3) is 0 Å². The average Bonchev–Trinajstić information content (AvgIpc) is 2.75. The van der Waals surface area contributed by atoms with Gasteiger partial charge in [-0.05, 0) is 43.9 Å². The molecule has 0 spiro atoms. The van der Waals surface area contributed by atoms with E-state index in [4.69, 9.17) is 9.47 Å². The highest BCUT2D eigenvalue weighted by Crippen LogP contribution is 2.36. The maximum atomic E-state index is 13.4. The Kier molecular flexibility index (Phi) is 6.33. The van der Waals surface area contributed by atoms with E-state index in [1.807, 2.05) is 44.2 Å². The monoisotopic (exact) mass is 378 g/mol. The number of amides is 1. The van der Waals surface area contributed by atoms with Gasteiger partial charge in [0, 0.05) is 19.3 Å². The van der Waals surface area contributed by atoms with Crippen molar-refractivity contribution in [2.24, 2.45) is 0 Å². The number of nitriles is 1. The molecule has 1 N–H and O–H groups in total. The number of anilines is 1. The highest BCUT2D eigenvalue weighted by molar-refractivity contribution is 6.00. The van der Waals surface area contributed by atoms with Crippen LogP contribution in [0.5, 0.6) is 5.75 Å². The van der Waals surface area contributed by atoms with Crippen molar-refractivity contribution >= 4 is 11.6 Å². The minimum absolute atomic E-state index is 0.0653. The first-order chi connectivity index (χ1) is 13.6. The number of hydrogen-bond donors (Lipinski definition) is 1. The number of nitrogens with one attached hydrogen (secondary N) is 1. The smallest absolute Gasteiger partial charge is 0.235 e. The molecule has 5 nitrogen and oxygen atoms in total. The van der Waals surface area contributed by atoms with Crippen molar-refractivity contribution in [3.05, 3.63) is 59.7 Å². The van der Waals surface area contributed by atoms with Crippen LogP contribution < -0.4 is 10.1 Å². The van der Waals surface area contributed by atoms with Crippen LogP contribution in [0, 0.1) is 11.3 Å². The molecule has 0 saturated carbocycles. The van der Waals surface area contributed by atoms with E-state index >= 15 is 0 Å². The molecule has 1 fully saturated rings. The van der Waals surface area contributed by atoms with Crippen molar-refractivity contribution in [2.75, 3.05) is 18.5 Å². The molecule has 0 unspecified atom stereocenters. The Morgan fingerprint density at radius 1 is 1.25 bits per heavy atom. The van der Waals surface area contributed by atoms with Gasteiger partial charge in [-0.1, -0.05) is 37.3 Å². The molecule has 0 aromatic heterocycles. The van der Waals surface area contributed by atoms with Crippen molar-refractivity contribution < 1.29 is 14.3 Å². The molecular formula is C23H26N2O3. The Hall–Kier alpha value is -2.84. The maximum absolute atomic E-state index is 13.4. The number of carbonyl (C=O) groups excluding carboxylic acids is 1. The van der Waals surface area contributed by atoms with Crippen LogP contribution in [-0.2, 0) is 14.9 Å². The molecule has 1 saturated heterocycles. The second-order valence-electron chi connectivity index (χ2n) is 7.17. The molecule has 2 aromatic carbocycles. The number of rotatable bonds is 6. The van der Waals surface area contributed by atoms with Gasteiger partial charge in [-0.15, -0.1) is 0 Å². The molecule has 0 bridgehead atoms. The largest absolute Gasteiger partial charge is 0.491 e. The van der Waals surface area contributed by atoms with Gasteiger partial charge in [-0.25, -0.2) is 0 Å². The van der Waals surface area contributed by atoms with Crippen LogP contribution in [-0.4, -0.2) is 25.2 Å². The predicted octanol–water partition coefficient (Wildman–Crippen LogP) is 4.42. The van der Waals surface area contributed by atoms with Gasteiger partial charge in [0.2, 0.25) is 5.91 Å². The lowest BCUT2D eigenvalue weighted by Crippen LogP contribution is -2.44. The van der Waals surface area contributed by atoms with Gasteiger partial charge in [-0.2, -0.15) is 5.26 Å². The number of benzene rings is 2. The Morgan fingerprint density at radius 2 is 1.96 bits per heavy atom. The van der Waals surface area contributed by atoms with E-state index in [-0.39, 0.29) is 12.0 Å². The van der Waals surface area contributed by atoms with Gasteiger partial charge in [0.1, 0.15) is 11.8 Å². The third kappa shape index (κ3) is 4.18. The normalized spacial score (nSPS) is 16.6. The highest BCUT2D eigenvalue weighted by atomic mass is 16.5. The summed E-state index contributed by atoms with van der Waals surface area (Å²) < 4.78 is 11.3. The van der Waals surface area contributed by atoms with Gasteiger partial charge >= 0.3 is 0 Å². The summed E-state index contributed by atoms with van der Waals surface area (Å²) >= 11 is 0. The minimum Gasteiger partial charge on any atom is -0.491 e. The zero-order chi connectivity index (χ0) is 20.0. The van der Waals surface area contributed by atoms with E-state index in [1.54, 1.807) is 18.2 Å². The third-order valence-corrected chi connectivity index (χ3v) is 5.38. The van der Waals surface area contributed by atoms with Gasteiger partial charge in [0.25, 0.3) is 0 Å². The fourth-order valence-electron chi connectivity index (χ4n) is 3.48. The molecule has 1 heterocycles.